The smallest absolute Gasteiger partial charge is 0.258 e. The third kappa shape index (κ3) is 6.17. The Morgan fingerprint density at radius 3 is 2.60 bits per heavy atom. The van der Waals surface area contributed by atoms with Crippen LogP contribution in [0.1, 0.15) is 18.4 Å². The predicted molar refractivity (Wildman–Crippen MR) is 111 cm³/mol. The number of nitrogens with one attached hydrogen (secondary N) is 1. The average Bonchev–Trinajstić information content (AvgIpc) is 3.23. The van der Waals surface area contributed by atoms with Crippen molar-refractivity contribution in [1.29, 1.82) is 0 Å². The first-order valence-corrected chi connectivity index (χ1v) is 11.5. The van der Waals surface area contributed by atoms with E-state index in [-0.39, 0.29) is 30.7 Å². The van der Waals surface area contributed by atoms with E-state index in [0.29, 0.717) is 18.0 Å². The average molecular weight is 437 g/mol. The molecule has 0 bridgehead atoms. The number of sulfonamides is 1. The van der Waals surface area contributed by atoms with Crippen LogP contribution in [-0.2, 0) is 26.1 Å². The third-order valence-corrected chi connectivity index (χ3v) is 5.86. The number of amides is 1. The van der Waals surface area contributed by atoms with Crippen molar-refractivity contribution in [3.63, 3.8) is 0 Å². The van der Waals surface area contributed by atoms with Gasteiger partial charge < -0.3 is 14.8 Å². The summed E-state index contributed by atoms with van der Waals surface area (Å²) in [4.78, 5) is 11.9. The van der Waals surface area contributed by atoms with Crippen LogP contribution in [0.3, 0.4) is 0 Å². The first kappa shape index (κ1) is 22.0. The monoisotopic (exact) mass is 436 g/mol. The zero-order valence-corrected chi connectivity index (χ0v) is 17.5. The molecule has 1 saturated heterocycles. The van der Waals surface area contributed by atoms with Crippen molar-refractivity contribution in [2.75, 3.05) is 30.3 Å². The largest absolute Gasteiger partial charge is 0.484 e. The fourth-order valence-corrected chi connectivity index (χ4v) is 4.00. The Hall–Kier alpha value is -2.65. The van der Waals surface area contributed by atoms with Crippen LogP contribution in [0.4, 0.5) is 10.1 Å². The van der Waals surface area contributed by atoms with Crippen molar-refractivity contribution in [1.82, 2.24) is 5.32 Å². The minimum atomic E-state index is -3.64. The molecule has 2 aromatic carbocycles. The Morgan fingerprint density at radius 2 is 1.97 bits per heavy atom. The topological polar surface area (TPSA) is 84.9 Å². The van der Waals surface area contributed by atoms with Crippen LogP contribution in [0, 0.1) is 5.82 Å². The summed E-state index contributed by atoms with van der Waals surface area (Å²) in [5.74, 6) is -0.308. The lowest BCUT2D eigenvalue weighted by molar-refractivity contribution is -0.123. The molecule has 0 aliphatic carbocycles. The van der Waals surface area contributed by atoms with Crippen LogP contribution in [0.5, 0.6) is 5.75 Å². The summed E-state index contributed by atoms with van der Waals surface area (Å²) in [6.07, 6.45) is 3.07. The van der Waals surface area contributed by atoms with Gasteiger partial charge in [-0.15, -0.1) is 0 Å². The second-order valence-corrected chi connectivity index (χ2v) is 8.99. The first-order chi connectivity index (χ1) is 14.3. The van der Waals surface area contributed by atoms with Gasteiger partial charge in [-0.05, 0) is 43.2 Å². The van der Waals surface area contributed by atoms with E-state index >= 15 is 0 Å². The number of carbonyl (C=O) groups excluding carboxylic acids is 1. The maximum absolute atomic E-state index is 14.0. The minimum absolute atomic E-state index is 0.0599. The number of hydrogen-bond acceptors (Lipinski definition) is 5. The van der Waals surface area contributed by atoms with Crippen molar-refractivity contribution in [3.8, 4) is 5.75 Å². The Balaban J connectivity index is 1.59. The zero-order chi connectivity index (χ0) is 21.6. The second kappa shape index (κ2) is 9.90. The Bertz CT molecular complexity index is 960. The number of ether oxygens (including phenoxy) is 2. The van der Waals surface area contributed by atoms with Gasteiger partial charge in [0.15, 0.2) is 6.61 Å². The molecule has 0 radical (unpaired) electrons. The number of rotatable bonds is 9. The lowest BCUT2D eigenvalue weighted by Gasteiger charge is -2.23. The molecular formula is C21H25FN2O5S. The lowest BCUT2D eigenvalue weighted by atomic mass is 10.2. The summed E-state index contributed by atoms with van der Waals surface area (Å²) in [6.45, 7) is 0.903. The fraction of sp³-hybridized carbons (Fsp3) is 0.381. The first-order valence-electron chi connectivity index (χ1n) is 9.65. The van der Waals surface area contributed by atoms with Gasteiger partial charge in [0.2, 0.25) is 10.0 Å². The summed E-state index contributed by atoms with van der Waals surface area (Å²) in [6, 6.07) is 12.3. The van der Waals surface area contributed by atoms with E-state index in [0.717, 1.165) is 30.0 Å². The van der Waals surface area contributed by atoms with Crippen molar-refractivity contribution in [3.05, 3.63) is 59.9 Å². The standard InChI is InChI=1S/C21H25FN2O5S/c1-30(26,27)24(14-16-5-2-3-7-20(16)22)17-8-10-18(11-9-17)29-15-21(25)23-13-19-6-4-12-28-19/h2-3,5,7-11,19H,4,6,12-15H2,1H3,(H,23,25). The van der Waals surface area contributed by atoms with Gasteiger partial charge in [-0.3, -0.25) is 9.10 Å². The Labute approximate surface area is 175 Å². The van der Waals surface area contributed by atoms with E-state index in [1.54, 1.807) is 42.5 Å². The highest BCUT2D eigenvalue weighted by Gasteiger charge is 2.20. The number of hydrogen-bond donors (Lipinski definition) is 1. The van der Waals surface area contributed by atoms with Crippen molar-refractivity contribution < 1.29 is 27.1 Å². The molecule has 1 atom stereocenters. The molecule has 30 heavy (non-hydrogen) atoms. The quantitative estimate of drug-likeness (QED) is 0.653. The van der Waals surface area contributed by atoms with Crippen LogP contribution >= 0.6 is 0 Å². The predicted octanol–water partition coefficient (Wildman–Crippen LogP) is 2.47. The van der Waals surface area contributed by atoms with E-state index in [4.69, 9.17) is 9.47 Å². The molecule has 1 heterocycles. The molecule has 9 heteroatoms. The van der Waals surface area contributed by atoms with Crippen molar-refractivity contribution >= 4 is 21.6 Å². The van der Waals surface area contributed by atoms with E-state index in [1.807, 2.05) is 0 Å². The number of nitrogens with zero attached hydrogens (tertiary/aromatic N) is 1. The van der Waals surface area contributed by atoms with Gasteiger partial charge in [0.25, 0.3) is 5.91 Å². The van der Waals surface area contributed by atoms with Gasteiger partial charge >= 0.3 is 0 Å². The van der Waals surface area contributed by atoms with Crippen LogP contribution in [0.2, 0.25) is 0 Å². The summed E-state index contributed by atoms with van der Waals surface area (Å²) in [5, 5.41) is 2.76. The molecule has 7 nitrogen and oxygen atoms in total. The van der Waals surface area contributed by atoms with Gasteiger partial charge in [0.05, 0.1) is 24.6 Å². The van der Waals surface area contributed by atoms with E-state index in [1.165, 1.54) is 6.07 Å². The number of anilines is 1. The molecule has 1 N–H and O–H groups in total. The molecular weight excluding hydrogens is 411 g/mol. The van der Waals surface area contributed by atoms with Crippen molar-refractivity contribution in [2.45, 2.75) is 25.5 Å². The fourth-order valence-electron chi connectivity index (χ4n) is 3.12. The summed E-state index contributed by atoms with van der Waals surface area (Å²) in [7, 11) is -3.64. The maximum atomic E-state index is 14.0. The second-order valence-electron chi connectivity index (χ2n) is 7.08. The van der Waals surface area contributed by atoms with Crippen LogP contribution in [0.15, 0.2) is 48.5 Å². The van der Waals surface area contributed by atoms with Gasteiger partial charge in [0.1, 0.15) is 11.6 Å². The minimum Gasteiger partial charge on any atom is -0.484 e. The molecule has 2 aromatic rings. The summed E-state index contributed by atoms with van der Waals surface area (Å²) < 4.78 is 50.5. The van der Waals surface area contributed by atoms with Gasteiger partial charge in [-0.25, -0.2) is 12.8 Å². The van der Waals surface area contributed by atoms with Gasteiger partial charge in [-0.1, -0.05) is 18.2 Å². The summed E-state index contributed by atoms with van der Waals surface area (Å²) >= 11 is 0. The maximum Gasteiger partial charge on any atom is 0.258 e. The third-order valence-electron chi connectivity index (χ3n) is 4.72. The van der Waals surface area contributed by atoms with Crippen molar-refractivity contribution in [2.24, 2.45) is 0 Å². The number of benzene rings is 2. The molecule has 0 saturated carbocycles. The van der Waals surface area contributed by atoms with Crippen LogP contribution in [-0.4, -0.2) is 46.4 Å². The van der Waals surface area contributed by atoms with Gasteiger partial charge in [-0.2, -0.15) is 0 Å². The molecule has 1 aliphatic heterocycles. The van der Waals surface area contributed by atoms with Gasteiger partial charge in [0, 0.05) is 18.7 Å². The SMILES string of the molecule is CS(=O)(=O)N(Cc1ccccc1F)c1ccc(OCC(=O)NCC2CCCO2)cc1. The highest BCUT2D eigenvalue weighted by Crippen LogP contribution is 2.24. The van der Waals surface area contributed by atoms with E-state index in [9.17, 15) is 17.6 Å². The van der Waals surface area contributed by atoms with E-state index < -0.39 is 15.8 Å². The highest BCUT2D eigenvalue weighted by molar-refractivity contribution is 7.92. The number of halogens is 1. The normalized spacial score (nSPS) is 16.3. The number of carbonyl (C=O) groups is 1. The van der Waals surface area contributed by atoms with E-state index in [2.05, 4.69) is 5.32 Å². The molecule has 1 unspecified atom stereocenters. The highest BCUT2D eigenvalue weighted by atomic mass is 32.2. The molecule has 3 rings (SSSR count). The summed E-state index contributed by atoms with van der Waals surface area (Å²) in [5.41, 5.74) is 0.641. The molecule has 1 fully saturated rings. The molecule has 0 aromatic heterocycles. The molecule has 0 spiro atoms. The van der Waals surface area contributed by atoms with Crippen LogP contribution < -0.4 is 14.4 Å². The zero-order valence-electron chi connectivity index (χ0n) is 16.7. The molecule has 1 amide bonds. The Kier molecular flexibility index (Phi) is 7.28. The molecule has 162 valence electrons. The van der Waals surface area contributed by atoms with Crippen LogP contribution in [0.25, 0.3) is 0 Å². The Morgan fingerprint density at radius 1 is 1.23 bits per heavy atom. The lowest BCUT2D eigenvalue weighted by Crippen LogP contribution is -2.35. The molecule has 1 aliphatic rings.